The third-order valence-electron chi connectivity index (χ3n) is 5.80. The maximum atomic E-state index is 13.0. The number of ether oxygens (including phenoxy) is 1. The highest BCUT2D eigenvalue weighted by Crippen LogP contribution is 2.35. The molecule has 29 heavy (non-hydrogen) atoms. The Morgan fingerprint density at radius 2 is 1.79 bits per heavy atom. The number of nitrogens with one attached hydrogen (secondary N) is 1. The van der Waals surface area contributed by atoms with Crippen molar-refractivity contribution in [2.45, 2.75) is 50.4 Å². The number of sulfonamides is 1. The number of amides is 1. The van der Waals surface area contributed by atoms with E-state index < -0.39 is 27.0 Å². The molecule has 158 valence electrons. The second-order valence-corrected chi connectivity index (χ2v) is 11.2. The summed E-state index contributed by atoms with van der Waals surface area (Å²) >= 11 is 0. The van der Waals surface area contributed by atoms with Crippen molar-refractivity contribution in [3.63, 3.8) is 0 Å². The van der Waals surface area contributed by atoms with Crippen LogP contribution in [0.5, 0.6) is 0 Å². The summed E-state index contributed by atoms with van der Waals surface area (Å²) in [5.74, 6) is 0.359. The lowest BCUT2D eigenvalue weighted by Gasteiger charge is -2.42. The van der Waals surface area contributed by atoms with Crippen molar-refractivity contribution in [2.75, 3.05) is 26.2 Å². The van der Waals surface area contributed by atoms with Crippen molar-refractivity contribution < 1.29 is 17.9 Å². The molecule has 2 aliphatic rings. The molecule has 0 spiro atoms. The number of likely N-dealkylation sites (tertiary alicyclic amines) is 1. The second kappa shape index (κ2) is 7.32. The van der Waals surface area contributed by atoms with E-state index >= 15 is 0 Å². The van der Waals surface area contributed by atoms with Gasteiger partial charge >= 0.3 is 6.09 Å². The van der Waals surface area contributed by atoms with E-state index in [0.29, 0.717) is 19.0 Å². The molecular formula is C21H29N3O4S. The van der Waals surface area contributed by atoms with E-state index in [1.54, 1.807) is 25.1 Å². The Kier molecular flexibility index (Phi) is 5.11. The molecule has 0 atom stereocenters. The van der Waals surface area contributed by atoms with Gasteiger partial charge in [-0.2, -0.15) is 0 Å². The summed E-state index contributed by atoms with van der Waals surface area (Å²) in [5.41, 5.74) is 1.82. The number of rotatable bonds is 3. The van der Waals surface area contributed by atoms with Crippen LogP contribution >= 0.6 is 0 Å². The highest BCUT2D eigenvalue weighted by atomic mass is 32.2. The SMILES string of the molecule is CC(C)(C)OC(=O)N1CC(S(=O)(=O)N2CCC(c3c[nH]c4ccccc34)CC2)C1. The molecule has 3 heterocycles. The summed E-state index contributed by atoms with van der Waals surface area (Å²) < 4.78 is 32.9. The van der Waals surface area contributed by atoms with Crippen molar-refractivity contribution >= 4 is 27.0 Å². The molecule has 4 rings (SSSR count). The highest BCUT2D eigenvalue weighted by molar-refractivity contribution is 7.89. The normalized spacial score (nSPS) is 20.0. The molecule has 8 heteroatoms. The second-order valence-electron chi connectivity index (χ2n) is 9.02. The number of fused-ring (bicyclic) bond motifs is 1. The van der Waals surface area contributed by atoms with Gasteiger partial charge in [-0.1, -0.05) is 18.2 Å². The van der Waals surface area contributed by atoms with Gasteiger partial charge in [0, 0.05) is 43.3 Å². The smallest absolute Gasteiger partial charge is 0.410 e. The highest BCUT2D eigenvalue weighted by Gasteiger charge is 2.44. The Morgan fingerprint density at radius 3 is 2.45 bits per heavy atom. The fraction of sp³-hybridized carbons (Fsp3) is 0.571. The maximum absolute atomic E-state index is 13.0. The topological polar surface area (TPSA) is 82.7 Å². The predicted molar refractivity (Wildman–Crippen MR) is 112 cm³/mol. The standard InChI is InChI=1S/C21H29N3O4S/c1-21(2,3)28-20(25)23-13-16(14-23)29(26,27)24-10-8-15(9-11-24)18-12-22-19-7-5-4-6-17(18)19/h4-7,12,15-16,22H,8-11,13-14H2,1-3H3. The minimum atomic E-state index is -3.39. The van der Waals surface area contributed by atoms with Crippen molar-refractivity contribution in [3.8, 4) is 0 Å². The number of para-hydroxylation sites is 1. The third-order valence-corrected chi connectivity index (χ3v) is 8.02. The number of H-pyrrole nitrogens is 1. The molecule has 1 N–H and O–H groups in total. The van der Waals surface area contributed by atoms with Gasteiger partial charge in [0.2, 0.25) is 10.0 Å². The van der Waals surface area contributed by atoms with Crippen LogP contribution in [0.15, 0.2) is 30.5 Å². The Morgan fingerprint density at radius 1 is 1.14 bits per heavy atom. The van der Waals surface area contributed by atoms with E-state index in [0.717, 1.165) is 18.4 Å². The summed E-state index contributed by atoms with van der Waals surface area (Å²) in [4.78, 5) is 16.8. The number of carbonyl (C=O) groups is 1. The number of nitrogens with zero attached hydrogens (tertiary/aromatic N) is 2. The fourth-order valence-electron chi connectivity index (χ4n) is 4.17. The molecule has 7 nitrogen and oxygen atoms in total. The quantitative estimate of drug-likeness (QED) is 0.828. The molecule has 1 aromatic carbocycles. The molecule has 1 amide bonds. The van der Waals surface area contributed by atoms with Crippen LogP contribution < -0.4 is 0 Å². The molecule has 2 aromatic rings. The summed E-state index contributed by atoms with van der Waals surface area (Å²) in [6.45, 7) is 6.87. The van der Waals surface area contributed by atoms with Gasteiger partial charge in [0.1, 0.15) is 10.9 Å². The molecule has 0 bridgehead atoms. The zero-order valence-electron chi connectivity index (χ0n) is 17.2. The van der Waals surface area contributed by atoms with E-state index in [2.05, 4.69) is 23.3 Å². The first-order chi connectivity index (χ1) is 13.6. The molecule has 0 radical (unpaired) electrons. The van der Waals surface area contributed by atoms with Crippen molar-refractivity contribution in [3.05, 3.63) is 36.0 Å². The minimum Gasteiger partial charge on any atom is -0.444 e. The monoisotopic (exact) mass is 419 g/mol. The number of carbonyl (C=O) groups excluding carboxylic acids is 1. The summed E-state index contributed by atoms with van der Waals surface area (Å²) in [6, 6.07) is 8.22. The largest absolute Gasteiger partial charge is 0.444 e. The van der Waals surface area contributed by atoms with Gasteiger partial charge in [0.25, 0.3) is 0 Å². The summed E-state index contributed by atoms with van der Waals surface area (Å²) in [6.07, 6.45) is 3.24. The molecule has 1 aromatic heterocycles. The van der Waals surface area contributed by atoms with Gasteiger partial charge in [0.15, 0.2) is 0 Å². The predicted octanol–water partition coefficient (Wildman–Crippen LogP) is 3.30. The Balaban J connectivity index is 1.34. The van der Waals surface area contributed by atoms with Crippen LogP contribution in [0.4, 0.5) is 4.79 Å². The van der Waals surface area contributed by atoms with Crippen molar-refractivity contribution in [2.24, 2.45) is 0 Å². The van der Waals surface area contributed by atoms with E-state index in [-0.39, 0.29) is 13.1 Å². The molecule has 2 saturated heterocycles. The van der Waals surface area contributed by atoms with Gasteiger partial charge in [0.05, 0.1) is 0 Å². The van der Waals surface area contributed by atoms with Gasteiger partial charge in [-0.25, -0.2) is 17.5 Å². The summed E-state index contributed by atoms with van der Waals surface area (Å²) in [7, 11) is -3.39. The lowest BCUT2D eigenvalue weighted by molar-refractivity contribution is 0.0135. The minimum absolute atomic E-state index is 0.208. The van der Waals surface area contributed by atoms with Crippen LogP contribution in [0, 0.1) is 0 Å². The maximum Gasteiger partial charge on any atom is 0.410 e. The zero-order valence-corrected chi connectivity index (χ0v) is 18.0. The van der Waals surface area contributed by atoms with Gasteiger partial charge in [-0.15, -0.1) is 0 Å². The van der Waals surface area contributed by atoms with E-state index in [1.807, 2.05) is 12.1 Å². The first-order valence-corrected chi connectivity index (χ1v) is 11.7. The number of benzene rings is 1. The lowest BCUT2D eigenvalue weighted by Crippen LogP contribution is -2.61. The number of aromatic amines is 1. The molecule has 0 saturated carbocycles. The van der Waals surface area contributed by atoms with Crippen LogP contribution in [0.2, 0.25) is 0 Å². The van der Waals surface area contributed by atoms with Crippen LogP contribution in [0.1, 0.15) is 45.1 Å². The molecule has 2 fully saturated rings. The van der Waals surface area contributed by atoms with Crippen LogP contribution in [0.3, 0.4) is 0 Å². The average molecular weight is 420 g/mol. The van der Waals surface area contributed by atoms with Gasteiger partial charge < -0.3 is 14.6 Å². The first kappa shape index (κ1) is 20.2. The van der Waals surface area contributed by atoms with Crippen LogP contribution in [-0.2, 0) is 14.8 Å². The average Bonchev–Trinajstić information content (AvgIpc) is 3.03. The van der Waals surface area contributed by atoms with Crippen molar-refractivity contribution in [1.82, 2.24) is 14.2 Å². The van der Waals surface area contributed by atoms with E-state index in [1.165, 1.54) is 15.8 Å². The molecular weight excluding hydrogens is 390 g/mol. The number of hydrogen-bond donors (Lipinski definition) is 1. The first-order valence-electron chi connectivity index (χ1n) is 10.2. The van der Waals surface area contributed by atoms with Crippen LogP contribution in [-0.4, -0.2) is 65.7 Å². The Labute approximate surface area is 172 Å². The van der Waals surface area contributed by atoms with Gasteiger partial charge in [-0.3, -0.25) is 0 Å². The fourth-order valence-corrected chi connectivity index (χ4v) is 6.04. The summed E-state index contributed by atoms with van der Waals surface area (Å²) in [5, 5.41) is 0.695. The lowest BCUT2D eigenvalue weighted by atomic mass is 9.90. The molecule has 0 unspecified atom stereocenters. The number of aromatic nitrogens is 1. The van der Waals surface area contributed by atoms with E-state index in [4.69, 9.17) is 4.74 Å². The molecule has 2 aliphatic heterocycles. The van der Waals surface area contributed by atoms with Gasteiger partial charge in [-0.05, 0) is 51.2 Å². The number of hydrogen-bond acceptors (Lipinski definition) is 4. The van der Waals surface area contributed by atoms with E-state index in [9.17, 15) is 13.2 Å². The Hall–Kier alpha value is -2.06. The molecule has 0 aliphatic carbocycles. The Bertz CT molecular complexity index is 994. The zero-order chi connectivity index (χ0) is 20.8. The third kappa shape index (κ3) is 4.00. The van der Waals surface area contributed by atoms with Crippen molar-refractivity contribution in [1.29, 1.82) is 0 Å². The van der Waals surface area contributed by atoms with Crippen LogP contribution in [0.25, 0.3) is 10.9 Å². The number of piperidine rings is 1.